The molecule has 0 bridgehead atoms. The lowest BCUT2D eigenvalue weighted by Gasteiger charge is -2.22. The van der Waals surface area contributed by atoms with E-state index in [-0.39, 0.29) is 16.2 Å². The molecule has 0 saturated carbocycles. The Balaban J connectivity index is 2.40. The number of aliphatic carboxylic acids is 1. The van der Waals surface area contributed by atoms with Crippen molar-refractivity contribution in [1.29, 1.82) is 0 Å². The lowest BCUT2D eigenvalue weighted by atomic mass is 10.0. The summed E-state index contributed by atoms with van der Waals surface area (Å²) in [5.74, 6) is -1.66. The average molecular weight is 353 g/mol. The van der Waals surface area contributed by atoms with Crippen molar-refractivity contribution in [2.24, 2.45) is 13.0 Å². The van der Waals surface area contributed by atoms with E-state index in [4.69, 9.17) is 5.11 Å². The third kappa shape index (κ3) is 2.28. The first-order valence-electron chi connectivity index (χ1n) is 5.56. The lowest BCUT2D eigenvalue weighted by Crippen LogP contribution is -2.38. The summed E-state index contributed by atoms with van der Waals surface area (Å²) >= 11 is 3.05. The third-order valence-corrected chi connectivity index (χ3v) is 6.18. The van der Waals surface area contributed by atoms with Crippen LogP contribution in [0.5, 0.6) is 0 Å². The Bertz CT molecular complexity index is 594. The van der Waals surface area contributed by atoms with Crippen LogP contribution in [0.2, 0.25) is 0 Å². The number of aromatic nitrogens is 3. The fourth-order valence-electron chi connectivity index (χ4n) is 2.29. The Morgan fingerprint density at radius 3 is 2.58 bits per heavy atom. The zero-order valence-corrected chi connectivity index (χ0v) is 12.7. The van der Waals surface area contributed by atoms with E-state index in [0.29, 0.717) is 6.42 Å². The van der Waals surface area contributed by atoms with E-state index in [0.717, 1.165) is 4.68 Å². The number of halogens is 1. The van der Waals surface area contributed by atoms with Gasteiger partial charge in [0, 0.05) is 19.6 Å². The average Bonchev–Trinajstić information content (AvgIpc) is 2.82. The molecule has 1 aromatic rings. The number of rotatable bonds is 3. The molecule has 1 aliphatic heterocycles. The second-order valence-corrected chi connectivity index (χ2v) is 6.96. The minimum absolute atomic E-state index is 0.0645. The Hall–Kier alpha value is -1.00. The Morgan fingerprint density at radius 1 is 1.53 bits per heavy atom. The number of carboxylic acid groups (broad SMARTS) is 1. The quantitative estimate of drug-likeness (QED) is 0.824. The van der Waals surface area contributed by atoms with E-state index in [1.807, 2.05) is 0 Å². The molecule has 0 amide bonds. The molecule has 106 valence electrons. The van der Waals surface area contributed by atoms with Crippen molar-refractivity contribution in [2.75, 3.05) is 6.54 Å². The standard InChI is InChI=1S/C9H13BrN4O4S/c1-5-6(9(15)16)3-4-14(5)19(17,18)8-7(10)11-12-13(8)2/h5-6H,3-4H2,1-2H3,(H,15,16). The van der Waals surface area contributed by atoms with Gasteiger partial charge in [0.2, 0.25) is 5.03 Å². The fraction of sp³-hybridized carbons (Fsp3) is 0.667. The molecule has 8 nitrogen and oxygen atoms in total. The molecule has 0 spiro atoms. The number of nitrogens with zero attached hydrogens (tertiary/aromatic N) is 4. The third-order valence-electron chi connectivity index (χ3n) is 3.30. The minimum atomic E-state index is -3.81. The summed E-state index contributed by atoms with van der Waals surface area (Å²) in [7, 11) is -2.34. The first-order chi connectivity index (χ1) is 8.76. The maximum atomic E-state index is 12.5. The van der Waals surface area contributed by atoms with Gasteiger partial charge >= 0.3 is 5.97 Å². The molecule has 2 atom stereocenters. The minimum Gasteiger partial charge on any atom is -0.481 e. The van der Waals surface area contributed by atoms with Crippen LogP contribution in [0.4, 0.5) is 0 Å². The number of carbonyl (C=O) groups is 1. The molecule has 2 rings (SSSR count). The van der Waals surface area contributed by atoms with Crippen LogP contribution in [0.1, 0.15) is 13.3 Å². The van der Waals surface area contributed by atoms with Gasteiger partial charge in [0.05, 0.1) is 5.92 Å². The number of carboxylic acids is 1. The Morgan fingerprint density at radius 2 is 2.16 bits per heavy atom. The largest absolute Gasteiger partial charge is 0.481 e. The van der Waals surface area contributed by atoms with Crippen molar-refractivity contribution in [3.63, 3.8) is 0 Å². The number of hydrogen-bond donors (Lipinski definition) is 1. The fourth-order valence-corrected chi connectivity index (χ4v) is 5.01. The van der Waals surface area contributed by atoms with Gasteiger partial charge in [-0.1, -0.05) is 5.21 Å². The zero-order valence-electron chi connectivity index (χ0n) is 10.3. The van der Waals surface area contributed by atoms with E-state index < -0.39 is 28.0 Å². The van der Waals surface area contributed by atoms with Crippen molar-refractivity contribution >= 4 is 31.9 Å². The topological polar surface area (TPSA) is 105 Å². The van der Waals surface area contributed by atoms with Gasteiger partial charge in [-0.15, -0.1) is 5.10 Å². The first kappa shape index (κ1) is 14.4. The van der Waals surface area contributed by atoms with Crippen LogP contribution in [-0.4, -0.2) is 51.4 Å². The SMILES string of the molecule is CC1C(C(=O)O)CCN1S(=O)(=O)c1c(Br)nnn1C. The maximum absolute atomic E-state index is 12.5. The molecular formula is C9H13BrN4O4S. The lowest BCUT2D eigenvalue weighted by molar-refractivity contribution is -0.142. The normalized spacial score (nSPS) is 24.8. The molecule has 10 heteroatoms. The predicted octanol–water partition coefficient (Wildman–Crippen LogP) is 0.0613. The van der Waals surface area contributed by atoms with Gasteiger partial charge in [0.1, 0.15) is 0 Å². The van der Waals surface area contributed by atoms with Crippen molar-refractivity contribution < 1.29 is 18.3 Å². The van der Waals surface area contributed by atoms with Crippen LogP contribution >= 0.6 is 15.9 Å². The van der Waals surface area contributed by atoms with Gasteiger partial charge in [0.25, 0.3) is 10.0 Å². The summed E-state index contributed by atoms with van der Waals surface area (Å²) in [5, 5.41) is 16.3. The van der Waals surface area contributed by atoms with Crippen LogP contribution in [-0.2, 0) is 21.9 Å². The van der Waals surface area contributed by atoms with Crippen molar-refractivity contribution in [3.05, 3.63) is 4.60 Å². The maximum Gasteiger partial charge on any atom is 0.308 e. The summed E-state index contributed by atoms with van der Waals surface area (Å²) in [5.41, 5.74) is 0. The molecular weight excluding hydrogens is 340 g/mol. The molecule has 1 fully saturated rings. The van der Waals surface area contributed by atoms with Crippen LogP contribution in [0.3, 0.4) is 0 Å². The summed E-state index contributed by atoms with van der Waals surface area (Å²) < 4.78 is 27.5. The molecule has 19 heavy (non-hydrogen) atoms. The van der Waals surface area contributed by atoms with Gasteiger partial charge in [-0.3, -0.25) is 4.79 Å². The van der Waals surface area contributed by atoms with Crippen molar-refractivity contribution in [2.45, 2.75) is 24.4 Å². The molecule has 0 radical (unpaired) electrons. The summed E-state index contributed by atoms with van der Waals surface area (Å²) in [6.45, 7) is 1.78. The van der Waals surface area contributed by atoms with Crippen LogP contribution in [0.15, 0.2) is 9.63 Å². The molecule has 0 aliphatic carbocycles. The van der Waals surface area contributed by atoms with Crippen LogP contribution in [0, 0.1) is 5.92 Å². The molecule has 2 unspecified atom stereocenters. The summed E-state index contributed by atoms with van der Waals surface area (Å²) in [6.07, 6.45) is 0.304. The molecule has 1 aromatic heterocycles. The van der Waals surface area contributed by atoms with Gasteiger partial charge in [-0.2, -0.15) is 4.31 Å². The van der Waals surface area contributed by atoms with Crippen molar-refractivity contribution in [1.82, 2.24) is 19.3 Å². The van der Waals surface area contributed by atoms with E-state index in [2.05, 4.69) is 26.2 Å². The van der Waals surface area contributed by atoms with E-state index in [1.165, 1.54) is 11.4 Å². The second-order valence-electron chi connectivity index (χ2n) is 4.40. The highest BCUT2D eigenvalue weighted by Gasteiger charge is 2.44. The van der Waals surface area contributed by atoms with Gasteiger partial charge < -0.3 is 5.11 Å². The monoisotopic (exact) mass is 352 g/mol. The van der Waals surface area contributed by atoms with Gasteiger partial charge in [-0.05, 0) is 29.3 Å². The number of hydrogen-bond acceptors (Lipinski definition) is 5. The smallest absolute Gasteiger partial charge is 0.308 e. The van der Waals surface area contributed by atoms with Gasteiger partial charge in [-0.25, -0.2) is 13.1 Å². The zero-order chi connectivity index (χ0) is 14.4. The second kappa shape index (κ2) is 4.84. The van der Waals surface area contributed by atoms with E-state index >= 15 is 0 Å². The summed E-state index contributed by atoms with van der Waals surface area (Å²) in [6, 6.07) is -0.593. The Labute approximate surface area is 118 Å². The van der Waals surface area contributed by atoms with Crippen LogP contribution in [0.25, 0.3) is 0 Å². The summed E-state index contributed by atoms with van der Waals surface area (Å²) in [4.78, 5) is 11.0. The number of aryl methyl sites for hydroxylation is 1. The first-order valence-corrected chi connectivity index (χ1v) is 7.80. The predicted molar refractivity (Wildman–Crippen MR) is 67.8 cm³/mol. The molecule has 1 N–H and O–H groups in total. The van der Waals surface area contributed by atoms with Crippen LogP contribution < -0.4 is 0 Å². The number of sulfonamides is 1. The molecule has 1 aliphatic rings. The highest BCUT2D eigenvalue weighted by atomic mass is 79.9. The van der Waals surface area contributed by atoms with E-state index in [9.17, 15) is 13.2 Å². The van der Waals surface area contributed by atoms with E-state index in [1.54, 1.807) is 6.92 Å². The van der Waals surface area contributed by atoms with Gasteiger partial charge in [0.15, 0.2) is 4.60 Å². The molecule has 2 heterocycles. The Kier molecular flexibility index (Phi) is 3.67. The molecule has 0 aromatic carbocycles. The highest BCUT2D eigenvalue weighted by molar-refractivity contribution is 9.10. The van der Waals surface area contributed by atoms with Crippen molar-refractivity contribution in [3.8, 4) is 0 Å². The highest BCUT2D eigenvalue weighted by Crippen LogP contribution is 2.31. The molecule has 1 saturated heterocycles.